The van der Waals surface area contributed by atoms with Crippen LogP contribution in [-0.2, 0) is 4.79 Å². The van der Waals surface area contributed by atoms with Crippen molar-refractivity contribution in [1.29, 1.82) is 0 Å². The van der Waals surface area contributed by atoms with E-state index in [9.17, 15) is 18.0 Å². The summed E-state index contributed by atoms with van der Waals surface area (Å²) in [4.78, 5) is 20.0. The van der Waals surface area contributed by atoms with E-state index in [1.165, 1.54) is 13.1 Å². The predicted octanol–water partition coefficient (Wildman–Crippen LogP) is 5.82. The molecule has 41 heavy (non-hydrogen) atoms. The molecule has 1 aromatic rings. The number of allylic oxidation sites excluding steroid dienone is 2. The molecule has 1 amide bonds. The van der Waals surface area contributed by atoms with Gasteiger partial charge in [-0.1, -0.05) is 32.6 Å². The molecule has 1 fully saturated rings. The molecule has 3 rings (SSSR count). The van der Waals surface area contributed by atoms with Gasteiger partial charge in [-0.3, -0.25) is 14.6 Å². The molecule has 0 bridgehead atoms. The number of carbonyl (C=O) groups is 1. The Morgan fingerprint density at radius 2 is 1.85 bits per heavy atom. The minimum atomic E-state index is -4.79. The number of carbonyl (C=O) groups excluding carboxylic acids is 1. The number of anilines is 2. The smallest absolute Gasteiger partial charge is 0.393 e. The van der Waals surface area contributed by atoms with Crippen molar-refractivity contribution >= 4 is 22.9 Å². The number of halogens is 4. The van der Waals surface area contributed by atoms with Crippen LogP contribution in [0.4, 0.5) is 28.9 Å². The molecular weight excluding hydrogens is 534 g/mol. The summed E-state index contributed by atoms with van der Waals surface area (Å²) in [7, 11) is 3.44. The summed E-state index contributed by atoms with van der Waals surface area (Å²) in [5, 5.41) is 5.25. The van der Waals surface area contributed by atoms with Gasteiger partial charge in [-0.15, -0.1) is 0 Å². The Bertz CT molecular complexity index is 1190. The van der Waals surface area contributed by atoms with Gasteiger partial charge in [0.2, 0.25) is 0 Å². The molecule has 10 heteroatoms. The van der Waals surface area contributed by atoms with Crippen LogP contribution in [0.25, 0.3) is 5.57 Å². The van der Waals surface area contributed by atoms with Gasteiger partial charge in [0.05, 0.1) is 22.5 Å². The van der Waals surface area contributed by atoms with E-state index >= 15 is 4.39 Å². The van der Waals surface area contributed by atoms with Crippen LogP contribution in [0.2, 0.25) is 0 Å². The molecule has 2 N–H and O–H groups in total. The van der Waals surface area contributed by atoms with E-state index in [2.05, 4.69) is 54.7 Å². The first-order chi connectivity index (χ1) is 19.3. The summed E-state index contributed by atoms with van der Waals surface area (Å²) in [5.74, 6) is -0.874. The summed E-state index contributed by atoms with van der Waals surface area (Å²) < 4.78 is 57.5. The first kappa shape index (κ1) is 32.4. The van der Waals surface area contributed by atoms with E-state index in [0.29, 0.717) is 43.2 Å². The lowest BCUT2D eigenvalue weighted by Gasteiger charge is -2.44. The molecule has 0 saturated carbocycles. The number of hydrogen-bond acceptors (Lipinski definition) is 5. The standard InChI is InChI=1S/C31H43F4N5O/c1-8-9-26(31(33,34)35)25(16-36-6)30(41)37-28-14-24(23-10-12-39(13-11-23)17-20(2)3)27(32)15-29(28)40-18-21(4)38(7)22(5)19-40/h8-10,14-16,20-22,36H,1,11-13,17-19H2,2-7H3,(H,37,41)/b25-16+,26-9+. The van der Waals surface area contributed by atoms with Gasteiger partial charge in [-0.2, -0.15) is 13.2 Å². The fraction of sp³-hybridized carbons (Fsp3) is 0.516. The number of nitrogens with zero attached hydrogens (tertiary/aromatic N) is 3. The largest absolute Gasteiger partial charge is 0.417 e. The third-order valence-electron chi connectivity index (χ3n) is 7.71. The van der Waals surface area contributed by atoms with Gasteiger partial charge in [-0.25, -0.2) is 4.39 Å². The molecule has 2 heterocycles. The van der Waals surface area contributed by atoms with E-state index in [1.807, 2.05) is 18.0 Å². The Kier molecular flexibility index (Phi) is 10.8. The Morgan fingerprint density at radius 1 is 1.20 bits per heavy atom. The molecule has 0 radical (unpaired) electrons. The van der Waals surface area contributed by atoms with Crippen LogP contribution < -0.4 is 15.5 Å². The molecular formula is C31H43F4N5O. The maximum atomic E-state index is 15.8. The molecule has 2 atom stereocenters. The SMILES string of the molecule is C=C/C=C(\C(=C/NC)C(=O)Nc1cc(C2=CCN(CC(C)C)CC2)c(F)cc1N1CC(C)N(C)C(C)C1)C(F)(F)F. The molecule has 6 nitrogen and oxygen atoms in total. The van der Waals surface area contributed by atoms with Crippen molar-refractivity contribution in [2.45, 2.75) is 52.4 Å². The van der Waals surface area contributed by atoms with Gasteiger partial charge < -0.3 is 15.5 Å². The van der Waals surface area contributed by atoms with Crippen LogP contribution in [0, 0.1) is 11.7 Å². The number of rotatable bonds is 9. The van der Waals surface area contributed by atoms with Crippen LogP contribution in [0.15, 0.2) is 54.3 Å². The second-order valence-corrected chi connectivity index (χ2v) is 11.4. The summed E-state index contributed by atoms with van der Waals surface area (Å²) in [5.41, 5.74) is 0.138. The summed E-state index contributed by atoms with van der Waals surface area (Å²) in [6.07, 6.45) is 0.601. The van der Waals surface area contributed by atoms with Crippen LogP contribution >= 0.6 is 0 Å². The van der Waals surface area contributed by atoms with Crippen LogP contribution in [-0.4, -0.2) is 80.8 Å². The second kappa shape index (κ2) is 13.7. The van der Waals surface area contributed by atoms with E-state index in [4.69, 9.17) is 0 Å². The zero-order valence-electron chi connectivity index (χ0n) is 24.9. The van der Waals surface area contributed by atoms with Crippen molar-refractivity contribution in [3.8, 4) is 0 Å². The Hall–Kier alpha value is -3.11. The van der Waals surface area contributed by atoms with Gasteiger partial charge >= 0.3 is 6.18 Å². The van der Waals surface area contributed by atoms with Crippen molar-refractivity contribution < 1.29 is 22.4 Å². The zero-order chi connectivity index (χ0) is 30.5. The van der Waals surface area contributed by atoms with E-state index in [-0.39, 0.29) is 17.8 Å². The zero-order valence-corrected chi connectivity index (χ0v) is 24.9. The quantitative estimate of drug-likeness (QED) is 0.220. The molecule has 2 unspecified atom stereocenters. The fourth-order valence-electron chi connectivity index (χ4n) is 5.46. The normalized spacial score (nSPS) is 21.6. The highest BCUT2D eigenvalue weighted by molar-refractivity contribution is 6.09. The number of nitrogens with one attached hydrogen (secondary N) is 2. The van der Waals surface area contributed by atoms with E-state index in [1.54, 1.807) is 6.07 Å². The molecule has 0 spiro atoms. The van der Waals surface area contributed by atoms with Gasteiger partial charge in [0.25, 0.3) is 5.91 Å². The average Bonchev–Trinajstić information content (AvgIpc) is 2.89. The average molecular weight is 578 g/mol. The lowest BCUT2D eigenvalue weighted by molar-refractivity contribution is -0.115. The first-order valence-electron chi connectivity index (χ1n) is 14.1. The fourth-order valence-corrected chi connectivity index (χ4v) is 5.46. The van der Waals surface area contributed by atoms with Crippen molar-refractivity contribution in [2.24, 2.45) is 5.92 Å². The molecule has 0 aliphatic carbocycles. The lowest BCUT2D eigenvalue weighted by atomic mass is 9.96. The minimum absolute atomic E-state index is 0.144. The van der Waals surface area contributed by atoms with Crippen molar-refractivity contribution in [3.63, 3.8) is 0 Å². The highest BCUT2D eigenvalue weighted by Crippen LogP contribution is 2.37. The van der Waals surface area contributed by atoms with Gasteiger partial charge in [0, 0.05) is 63.6 Å². The number of benzene rings is 1. The van der Waals surface area contributed by atoms with Crippen LogP contribution in [0.3, 0.4) is 0 Å². The minimum Gasteiger partial charge on any atom is -0.393 e. The molecule has 2 aliphatic heterocycles. The predicted molar refractivity (Wildman–Crippen MR) is 159 cm³/mol. The summed E-state index contributed by atoms with van der Waals surface area (Å²) >= 11 is 0. The van der Waals surface area contributed by atoms with Gasteiger partial charge in [0.15, 0.2) is 0 Å². The number of amides is 1. The molecule has 1 aromatic carbocycles. The Balaban J connectivity index is 2.07. The molecule has 0 aromatic heterocycles. The Labute approximate surface area is 241 Å². The third-order valence-corrected chi connectivity index (χ3v) is 7.71. The third kappa shape index (κ3) is 8.01. The van der Waals surface area contributed by atoms with Gasteiger partial charge in [-0.05, 0) is 57.0 Å². The summed E-state index contributed by atoms with van der Waals surface area (Å²) in [6.45, 7) is 15.3. The highest BCUT2D eigenvalue weighted by Gasteiger charge is 2.38. The van der Waals surface area contributed by atoms with Gasteiger partial charge in [0.1, 0.15) is 5.82 Å². The molecule has 2 aliphatic rings. The Morgan fingerprint density at radius 3 is 2.37 bits per heavy atom. The van der Waals surface area contributed by atoms with Crippen molar-refractivity contribution in [1.82, 2.24) is 15.1 Å². The highest BCUT2D eigenvalue weighted by atomic mass is 19.4. The van der Waals surface area contributed by atoms with E-state index < -0.39 is 29.0 Å². The molecule has 1 saturated heterocycles. The maximum Gasteiger partial charge on any atom is 0.417 e. The monoisotopic (exact) mass is 577 g/mol. The first-order valence-corrected chi connectivity index (χ1v) is 14.1. The van der Waals surface area contributed by atoms with E-state index in [0.717, 1.165) is 37.0 Å². The second-order valence-electron chi connectivity index (χ2n) is 11.4. The van der Waals surface area contributed by atoms with Crippen LogP contribution in [0.1, 0.15) is 39.7 Å². The van der Waals surface area contributed by atoms with Crippen molar-refractivity contribution in [2.75, 3.05) is 57.0 Å². The number of likely N-dealkylation sites (N-methyl/N-ethyl adjacent to an activating group) is 1. The topological polar surface area (TPSA) is 50.9 Å². The van der Waals surface area contributed by atoms with Crippen LogP contribution in [0.5, 0.6) is 0 Å². The van der Waals surface area contributed by atoms with Crippen molar-refractivity contribution in [3.05, 3.63) is 65.7 Å². The number of hydrogen-bond donors (Lipinski definition) is 2. The number of piperazine rings is 1. The molecule has 226 valence electrons. The number of alkyl halides is 3. The maximum absolute atomic E-state index is 15.8. The summed E-state index contributed by atoms with van der Waals surface area (Å²) in [6, 6.07) is 3.26. The lowest BCUT2D eigenvalue weighted by Crippen LogP contribution is -2.55.